The number of thiophene rings is 2. The number of hydrogen-bond acceptors (Lipinski definition) is 4. The van der Waals surface area contributed by atoms with Crippen LogP contribution in [-0.4, -0.2) is 27.7 Å². The molecule has 4 rings (SSSR count). The van der Waals surface area contributed by atoms with Gasteiger partial charge in [0.05, 0.1) is 16.1 Å². The van der Waals surface area contributed by atoms with Crippen molar-refractivity contribution in [3.63, 3.8) is 0 Å². The molecule has 0 saturated heterocycles. The van der Waals surface area contributed by atoms with Gasteiger partial charge in [0, 0.05) is 32.0 Å². The van der Waals surface area contributed by atoms with E-state index in [-0.39, 0.29) is 11.6 Å². The first-order chi connectivity index (χ1) is 14.8. The number of hydrogen-bond donors (Lipinski definition) is 0. The Labute approximate surface area is 201 Å². The zero-order chi connectivity index (χ0) is 23.6. The Morgan fingerprint density at radius 2 is 0.938 bits per heavy atom. The molecule has 0 amide bonds. The van der Waals surface area contributed by atoms with E-state index >= 15 is 0 Å². The molecule has 0 atom stereocenters. The summed E-state index contributed by atoms with van der Waals surface area (Å²) in [5.41, 5.74) is 4.11. The summed E-state index contributed by atoms with van der Waals surface area (Å²) in [5, 5.41) is 0. The van der Waals surface area contributed by atoms with E-state index in [1.807, 2.05) is 12.1 Å². The number of Topliss-reactive ketones (excluding diaryl/α,β-unsaturated/α-hetero) is 2. The van der Waals surface area contributed by atoms with Crippen LogP contribution in [0.3, 0.4) is 0 Å². The van der Waals surface area contributed by atoms with E-state index in [0.717, 1.165) is 20.9 Å². The summed E-state index contributed by atoms with van der Waals surface area (Å²) in [6.07, 6.45) is 0. The molecule has 32 heavy (non-hydrogen) atoms. The summed E-state index contributed by atoms with van der Waals surface area (Å²) in [6, 6.07) is 11.7. The predicted molar refractivity (Wildman–Crippen MR) is 146 cm³/mol. The zero-order valence-corrected chi connectivity index (χ0v) is 23.7. The molecule has 2 nitrogen and oxygen atoms in total. The van der Waals surface area contributed by atoms with Crippen molar-refractivity contribution in [2.75, 3.05) is 0 Å². The third-order valence-electron chi connectivity index (χ3n) is 5.97. The number of rotatable bonds is 4. The first-order valence-electron chi connectivity index (χ1n) is 11.0. The van der Waals surface area contributed by atoms with Crippen molar-refractivity contribution in [1.82, 2.24) is 0 Å². The number of benzene rings is 1. The first-order valence-corrected chi connectivity index (χ1v) is 19.6. The van der Waals surface area contributed by atoms with Crippen LogP contribution in [0.25, 0.3) is 11.1 Å². The van der Waals surface area contributed by atoms with Gasteiger partial charge in [-0.3, -0.25) is 9.59 Å². The van der Waals surface area contributed by atoms with Gasteiger partial charge in [-0.1, -0.05) is 63.5 Å². The minimum absolute atomic E-state index is 0.0293. The van der Waals surface area contributed by atoms with Gasteiger partial charge in [0.25, 0.3) is 0 Å². The standard InChI is InChI=1S/C26H30O2S2Si2/c1-15-19(13-21(29-15)31(3,4)5)23-24(20-14-22(30-16(20)2)32(6,7)8)26(28)18-12-10-9-11-17(18)25(23)27/h9-14H,1-8H3. The predicted octanol–water partition coefficient (Wildman–Crippen LogP) is 6.51. The molecule has 2 heterocycles. The highest BCUT2D eigenvalue weighted by Gasteiger charge is 2.37. The third kappa shape index (κ3) is 3.87. The summed E-state index contributed by atoms with van der Waals surface area (Å²) < 4.78 is 2.72. The zero-order valence-electron chi connectivity index (χ0n) is 20.1. The molecule has 1 aliphatic rings. The van der Waals surface area contributed by atoms with Gasteiger partial charge in [-0.25, -0.2) is 0 Å². The Balaban J connectivity index is 2.06. The van der Waals surface area contributed by atoms with E-state index in [2.05, 4.69) is 65.3 Å². The van der Waals surface area contributed by atoms with Gasteiger partial charge in [0.15, 0.2) is 11.6 Å². The van der Waals surface area contributed by atoms with Crippen molar-refractivity contribution in [2.45, 2.75) is 53.1 Å². The van der Waals surface area contributed by atoms with Gasteiger partial charge in [0.1, 0.15) is 0 Å². The minimum Gasteiger partial charge on any atom is -0.289 e. The third-order valence-corrected chi connectivity index (χ3v) is 15.2. The van der Waals surface area contributed by atoms with E-state index < -0.39 is 16.1 Å². The fourth-order valence-electron chi connectivity index (χ4n) is 4.09. The van der Waals surface area contributed by atoms with Crippen LogP contribution >= 0.6 is 22.7 Å². The monoisotopic (exact) mass is 494 g/mol. The highest BCUT2D eigenvalue weighted by atomic mass is 32.1. The van der Waals surface area contributed by atoms with Crippen LogP contribution in [0.2, 0.25) is 39.3 Å². The van der Waals surface area contributed by atoms with Crippen molar-refractivity contribution < 1.29 is 9.59 Å². The van der Waals surface area contributed by atoms with Crippen LogP contribution in [0.4, 0.5) is 0 Å². The molecule has 0 saturated carbocycles. The molecule has 0 N–H and O–H groups in total. The second kappa shape index (κ2) is 7.87. The smallest absolute Gasteiger partial charge is 0.195 e. The molecule has 0 spiro atoms. The average molecular weight is 495 g/mol. The van der Waals surface area contributed by atoms with Crippen LogP contribution in [0.1, 0.15) is 41.6 Å². The van der Waals surface area contributed by atoms with Gasteiger partial charge in [-0.05, 0) is 46.1 Å². The summed E-state index contributed by atoms with van der Waals surface area (Å²) in [6.45, 7) is 18.1. The highest BCUT2D eigenvalue weighted by Crippen LogP contribution is 2.41. The van der Waals surface area contributed by atoms with E-state index in [1.54, 1.807) is 34.8 Å². The van der Waals surface area contributed by atoms with Crippen LogP contribution in [0, 0.1) is 13.8 Å². The highest BCUT2D eigenvalue weighted by molar-refractivity contribution is 7.27. The lowest BCUT2D eigenvalue weighted by molar-refractivity contribution is 0.101. The molecule has 0 bridgehead atoms. The Morgan fingerprint density at radius 3 is 1.22 bits per heavy atom. The fraction of sp³-hybridized carbons (Fsp3) is 0.308. The summed E-state index contributed by atoms with van der Waals surface area (Å²) in [5.74, 6) is -0.0586. The maximum absolute atomic E-state index is 13.9. The Bertz CT molecular complexity index is 1190. The van der Waals surface area contributed by atoms with Gasteiger partial charge in [-0.2, -0.15) is 0 Å². The maximum atomic E-state index is 13.9. The Hall–Kier alpha value is -1.87. The molecule has 0 aliphatic heterocycles. The normalized spacial score (nSPS) is 14.9. The van der Waals surface area contributed by atoms with Crippen LogP contribution in [-0.2, 0) is 0 Å². The largest absolute Gasteiger partial charge is 0.289 e. The van der Waals surface area contributed by atoms with E-state index in [9.17, 15) is 9.59 Å². The lowest BCUT2D eigenvalue weighted by Crippen LogP contribution is -2.35. The molecule has 2 aromatic heterocycles. The molecule has 1 aliphatic carbocycles. The number of aryl methyl sites for hydroxylation is 2. The lowest BCUT2D eigenvalue weighted by Gasteiger charge is -2.22. The summed E-state index contributed by atoms with van der Waals surface area (Å²) >= 11 is 3.57. The molecule has 0 unspecified atom stereocenters. The Morgan fingerprint density at radius 1 is 0.594 bits per heavy atom. The van der Waals surface area contributed by atoms with Crippen LogP contribution in [0.5, 0.6) is 0 Å². The van der Waals surface area contributed by atoms with E-state index in [1.165, 1.54) is 9.00 Å². The quantitative estimate of drug-likeness (QED) is 0.388. The van der Waals surface area contributed by atoms with Crippen molar-refractivity contribution in [3.8, 4) is 0 Å². The van der Waals surface area contributed by atoms with Gasteiger partial charge >= 0.3 is 0 Å². The van der Waals surface area contributed by atoms with E-state index in [4.69, 9.17) is 0 Å². The fourth-order valence-corrected chi connectivity index (χ4v) is 10.2. The molecule has 0 fully saturated rings. The van der Waals surface area contributed by atoms with Crippen molar-refractivity contribution in [2.24, 2.45) is 0 Å². The average Bonchev–Trinajstić information content (AvgIpc) is 3.27. The van der Waals surface area contributed by atoms with Crippen LogP contribution in [0.15, 0.2) is 36.4 Å². The molecule has 0 radical (unpaired) electrons. The molecule has 1 aromatic carbocycles. The molecule has 166 valence electrons. The Kier molecular flexibility index (Phi) is 5.73. The first kappa shape index (κ1) is 23.3. The maximum Gasteiger partial charge on any atom is 0.195 e. The number of ketones is 2. The second-order valence-electron chi connectivity index (χ2n) is 10.6. The molecule has 3 aromatic rings. The number of carbonyl (C=O) groups is 2. The van der Waals surface area contributed by atoms with E-state index in [0.29, 0.717) is 22.3 Å². The minimum atomic E-state index is -1.54. The van der Waals surface area contributed by atoms with Gasteiger partial charge < -0.3 is 0 Å². The van der Waals surface area contributed by atoms with Crippen molar-refractivity contribution >= 4 is 70.5 Å². The molecular weight excluding hydrogens is 465 g/mol. The number of allylic oxidation sites excluding steroid dienone is 2. The number of carbonyl (C=O) groups excluding carboxylic acids is 2. The molecular formula is C26H30O2S2Si2. The summed E-state index contributed by atoms with van der Waals surface area (Å²) in [4.78, 5) is 30.0. The second-order valence-corrected chi connectivity index (χ2v) is 23.9. The van der Waals surface area contributed by atoms with Crippen molar-refractivity contribution in [1.29, 1.82) is 0 Å². The topological polar surface area (TPSA) is 34.1 Å². The van der Waals surface area contributed by atoms with Crippen molar-refractivity contribution in [3.05, 3.63) is 68.4 Å². The summed E-state index contributed by atoms with van der Waals surface area (Å²) in [7, 11) is -3.09. The number of fused-ring (bicyclic) bond motifs is 1. The van der Waals surface area contributed by atoms with Crippen LogP contribution < -0.4 is 9.00 Å². The lowest BCUT2D eigenvalue weighted by atomic mass is 9.79. The van der Waals surface area contributed by atoms with Gasteiger partial charge in [0.2, 0.25) is 0 Å². The van der Waals surface area contributed by atoms with Gasteiger partial charge in [-0.15, -0.1) is 22.7 Å². The molecule has 6 heteroatoms. The SMILES string of the molecule is Cc1sc([Si](C)(C)C)cc1C1=C(c2cc([Si](C)(C)C)sc2C)C(=O)c2ccccc2C1=O.